The van der Waals surface area contributed by atoms with Gasteiger partial charge in [-0.2, -0.15) is 0 Å². The van der Waals surface area contributed by atoms with E-state index >= 15 is 0 Å². The lowest BCUT2D eigenvalue weighted by molar-refractivity contribution is -0.127. The van der Waals surface area contributed by atoms with Crippen molar-refractivity contribution < 1.29 is 36.4 Å². The van der Waals surface area contributed by atoms with Gasteiger partial charge in [0.15, 0.2) is 41.6 Å². The first-order valence-electron chi connectivity index (χ1n) is 28.7. The Labute approximate surface area is 467 Å². The fourth-order valence-electron chi connectivity index (χ4n) is 8.40. The summed E-state index contributed by atoms with van der Waals surface area (Å²) in [5, 5.41) is 0.269. The molecule has 1 aromatic carbocycles. The molecule has 1 aliphatic heterocycles. The SMILES string of the molecule is CC[Si](CC)(CC)O[C@H](C[C@H](C/C=C/[C@H](C[C@H](C/C(C)=C/C=C/C=C/C=C/c1cccc2c1C(=O)OC(C)(C)O2)O[Si](C)(C)C(C)(C)C)O[Si](C)(C)C(C)(C)C)O[Si](C)(C)C(C)(C)C)C[C@@H](C)O[Si](C)(C)C(C)(C)C. The Balaban J connectivity index is 2.59. The van der Waals surface area contributed by atoms with Crippen molar-refractivity contribution in [3.63, 3.8) is 0 Å². The molecule has 430 valence electrons. The maximum atomic E-state index is 12.8. The van der Waals surface area contributed by atoms with Crippen LogP contribution in [0.1, 0.15) is 180 Å². The summed E-state index contributed by atoms with van der Waals surface area (Å²) in [5.74, 6) is -0.831. The molecule has 0 saturated carbocycles. The predicted molar refractivity (Wildman–Crippen MR) is 336 cm³/mol. The highest BCUT2D eigenvalue weighted by Gasteiger charge is 2.45. The van der Waals surface area contributed by atoms with Crippen LogP contribution in [-0.2, 0) is 26.9 Å². The van der Waals surface area contributed by atoms with Gasteiger partial charge in [-0.1, -0.05) is 176 Å². The Bertz CT molecular complexity index is 2090. The lowest BCUT2D eigenvalue weighted by atomic mass is 10.0. The first-order valence-corrected chi connectivity index (χ1v) is 42.9. The highest BCUT2D eigenvalue weighted by atomic mass is 28.4. The van der Waals surface area contributed by atoms with E-state index in [9.17, 15) is 4.79 Å². The fraction of sp³-hybridized carbons (Fsp3) is 0.726. The minimum atomic E-state index is -2.22. The number of hydrogen-bond donors (Lipinski definition) is 0. The van der Waals surface area contributed by atoms with Gasteiger partial charge in [-0.05, 0) is 142 Å². The zero-order valence-electron chi connectivity index (χ0n) is 53.2. The summed E-state index contributed by atoms with van der Waals surface area (Å²) in [5.41, 5.74) is 2.45. The van der Waals surface area contributed by atoms with Crippen LogP contribution >= 0.6 is 0 Å². The highest BCUT2D eigenvalue weighted by Crippen LogP contribution is 2.43. The van der Waals surface area contributed by atoms with Gasteiger partial charge in [-0.25, -0.2) is 4.79 Å². The van der Waals surface area contributed by atoms with E-state index in [1.165, 1.54) is 5.57 Å². The number of carbonyl (C=O) groups excluding carboxylic acids is 1. The minimum absolute atomic E-state index is 0.0107. The van der Waals surface area contributed by atoms with Crippen LogP contribution in [0, 0.1) is 0 Å². The zero-order chi connectivity index (χ0) is 57.9. The van der Waals surface area contributed by atoms with Gasteiger partial charge in [-0.3, -0.25) is 0 Å². The second kappa shape index (κ2) is 27.5. The molecular weight excluding hydrogens is 1010 g/mol. The first-order chi connectivity index (χ1) is 34.0. The van der Waals surface area contributed by atoms with Crippen LogP contribution in [0.2, 0.25) is 90.7 Å². The van der Waals surface area contributed by atoms with Gasteiger partial charge in [0, 0.05) is 32.5 Å². The van der Waals surface area contributed by atoms with E-state index in [1.54, 1.807) is 13.8 Å². The zero-order valence-corrected chi connectivity index (χ0v) is 58.2. The molecule has 0 radical (unpaired) electrons. The first kappa shape index (κ1) is 69.2. The van der Waals surface area contributed by atoms with Crippen molar-refractivity contribution in [2.75, 3.05) is 0 Å². The summed E-state index contributed by atoms with van der Waals surface area (Å²) >= 11 is 0. The molecule has 0 amide bonds. The van der Waals surface area contributed by atoms with E-state index in [0.29, 0.717) is 11.3 Å². The van der Waals surface area contributed by atoms with Gasteiger partial charge in [0.1, 0.15) is 11.3 Å². The number of hydrogen-bond acceptors (Lipinski definition) is 8. The molecule has 0 spiro atoms. The summed E-state index contributed by atoms with van der Waals surface area (Å²) in [6, 6.07) is 8.93. The number of benzene rings is 1. The molecule has 2 rings (SSSR count). The Hall–Kier alpha value is -1.93. The lowest BCUT2D eigenvalue weighted by Gasteiger charge is -2.43. The Morgan fingerprint density at radius 1 is 0.600 bits per heavy atom. The van der Waals surface area contributed by atoms with Crippen molar-refractivity contribution in [2.24, 2.45) is 0 Å². The molecular formula is C62H114O8Si5. The van der Waals surface area contributed by atoms with Crippen molar-refractivity contribution in [1.82, 2.24) is 0 Å². The Morgan fingerprint density at radius 2 is 1.08 bits per heavy atom. The summed E-state index contributed by atoms with van der Waals surface area (Å²) in [4.78, 5) is 12.8. The number of esters is 1. The van der Waals surface area contributed by atoms with Crippen LogP contribution in [0.15, 0.2) is 72.4 Å². The fourth-order valence-corrected chi connectivity index (χ4v) is 16.8. The van der Waals surface area contributed by atoms with Crippen LogP contribution in [0.3, 0.4) is 0 Å². The van der Waals surface area contributed by atoms with Gasteiger partial charge in [-0.15, -0.1) is 0 Å². The third-order valence-corrected chi connectivity index (χ3v) is 40.3. The number of carbonyl (C=O) groups is 1. The average Bonchev–Trinajstić information content (AvgIpc) is 3.22. The normalized spacial score (nSPS) is 18.2. The molecule has 8 nitrogen and oxygen atoms in total. The van der Waals surface area contributed by atoms with Crippen LogP contribution in [-0.4, -0.2) is 83.9 Å². The third kappa shape index (κ3) is 21.6. The van der Waals surface area contributed by atoms with E-state index in [1.807, 2.05) is 48.6 Å². The molecule has 0 saturated heterocycles. The van der Waals surface area contributed by atoms with Crippen LogP contribution in [0.4, 0.5) is 0 Å². The van der Waals surface area contributed by atoms with E-state index in [-0.39, 0.29) is 56.6 Å². The smallest absolute Gasteiger partial charge is 0.345 e. The molecule has 0 unspecified atom stereocenters. The van der Waals surface area contributed by atoms with Crippen LogP contribution < -0.4 is 4.74 Å². The van der Waals surface area contributed by atoms with Crippen molar-refractivity contribution in [2.45, 2.75) is 291 Å². The molecule has 0 aromatic heterocycles. The van der Waals surface area contributed by atoms with Crippen LogP contribution in [0.5, 0.6) is 5.75 Å². The van der Waals surface area contributed by atoms with Crippen molar-refractivity contribution in [3.8, 4) is 5.75 Å². The lowest BCUT2D eigenvalue weighted by Crippen LogP contribution is -2.48. The van der Waals surface area contributed by atoms with Crippen molar-refractivity contribution in [1.29, 1.82) is 0 Å². The second-order valence-electron chi connectivity index (χ2n) is 28.4. The van der Waals surface area contributed by atoms with Crippen molar-refractivity contribution in [3.05, 3.63) is 83.5 Å². The number of allylic oxidation sites excluding steroid dienone is 6. The van der Waals surface area contributed by atoms with E-state index in [2.05, 4.69) is 194 Å². The van der Waals surface area contributed by atoms with Gasteiger partial charge >= 0.3 is 5.97 Å². The molecule has 1 heterocycles. The molecule has 0 fully saturated rings. The molecule has 1 aromatic rings. The molecule has 5 atom stereocenters. The summed E-state index contributed by atoms with van der Waals surface area (Å²) in [7, 11) is -10.5. The monoisotopic (exact) mass is 1130 g/mol. The third-order valence-electron chi connectivity index (χ3n) is 17.4. The predicted octanol–water partition coefficient (Wildman–Crippen LogP) is 19.5. The molecule has 0 aliphatic carbocycles. The number of ether oxygens (including phenoxy) is 2. The molecule has 13 heteroatoms. The summed E-state index contributed by atoms with van der Waals surface area (Å²) < 4.78 is 48.2. The Morgan fingerprint density at radius 3 is 1.60 bits per heavy atom. The van der Waals surface area contributed by atoms with E-state index in [0.717, 1.165) is 55.8 Å². The molecule has 0 bridgehead atoms. The average molecular weight is 1130 g/mol. The van der Waals surface area contributed by atoms with Crippen LogP contribution in [0.25, 0.3) is 6.08 Å². The molecule has 75 heavy (non-hydrogen) atoms. The van der Waals surface area contributed by atoms with Gasteiger partial charge in [0.25, 0.3) is 0 Å². The number of rotatable bonds is 28. The Kier molecular flexibility index (Phi) is 25.4. The molecule has 1 aliphatic rings. The minimum Gasteiger partial charge on any atom is -0.452 e. The maximum Gasteiger partial charge on any atom is 0.345 e. The number of fused-ring (bicyclic) bond motifs is 1. The number of cyclic esters (lactones) is 1. The standard InChI is InChI=1S/C62H114O8Si5/c1-28-75(29-2,30-3)70-54(45-49(5)66-71(20,21)58(6,7)8)47-52(68-73(24,25)60(12,13)14)42-37-41-51(67-72(22,23)59(9,10)11)46-53(69-74(26,27)61(15,16)17)44-48(4)38-34-32-31-33-35-39-50-40-36-43-55-56(50)57(63)65-62(18,19)64-55/h31-41,43,49,51-54H,28-30,42,44-47H2,1-27H3/b33-31+,34-32+,39-35+,41-37+,48-38+/t49-,51-,52+,53+,54+/m1/s1. The highest BCUT2D eigenvalue weighted by molar-refractivity contribution is 6.75. The topological polar surface area (TPSA) is 81.7 Å². The van der Waals surface area contributed by atoms with E-state index < -0.39 is 47.4 Å². The quantitative estimate of drug-likeness (QED) is 0.0355. The summed E-state index contributed by atoms with van der Waals surface area (Å²) in [6.45, 7) is 62.0. The summed E-state index contributed by atoms with van der Waals surface area (Å²) in [6.07, 6.45) is 22.9. The van der Waals surface area contributed by atoms with Crippen molar-refractivity contribution >= 4 is 53.6 Å². The van der Waals surface area contributed by atoms with Gasteiger partial charge < -0.3 is 31.6 Å². The second-order valence-corrected chi connectivity index (χ2v) is 52.2. The van der Waals surface area contributed by atoms with Gasteiger partial charge in [0.05, 0.1) is 18.3 Å². The maximum absolute atomic E-state index is 12.8. The van der Waals surface area contributed by atoms with Gasteiger partial charge in [0.2, 0.25) is 5.79 Å². The van der Waals surface area contributed by atoms with E-state index in [4.69, 9.17) is 31.6 Å². The largest absolute Gasteiger partial charge is 0.452 e. The molecule has 0 N–H and O–H groups in total.